The average molecular weight is 397 g/mol. The molecule has 0 saturated heterocycles. The minimum atomic E-state index is -0.0816. The molecule has 2 aromatic heterocycles. The van der Waals surface area contributed by atoms with Crippen LogP contribution in [0.3, 0.4) is 0 Å². The molecule has 0 aliphatic rings. The molecule has 0 radical (unpaired) electrons. The molecule has 0 aliphatic heterocycles. The SMILES string of the molecule is Cc1ccc2sc(-c3cc(NC[C@H](N)c4ccccc4)ncn3)cc2c1.Cl. The Labute approximate surface area is 168 Å². The molecule has 0 unspecified atom stereocenters. The maximum atomic E-state index is 6.25. The monoisotopic (exact) mass is 396 g/mol. The first-order chi connectivity index (χ1) is 12.7. The summed E-state index contributed by atoms with van der Waals surface area (Å²) in [5, 5.41) is 4.58. The van der Waals surface area contributed by atoms with Crippen LogP contribution in [0.1, 0.15) is 17.2 Å². The van der Waals surface area contributed by atoms with Crippen LogP contribution in [-0.2, 0) is 0 Å². The molecule has 138 valence electrons. The smallest absolute Gasteiger partial charge is 0.130 e. The van der Waals surface area contributed by atoms with Crippen LogP contribution in [0, 0.1) is 6.92 Å². The Hall–Kier alpha value is -2.47. The number of rotatable bonds is 5. The summed E-state index contributed by atoms with van der Waals surface area (Å²) in [6.45, 7) is 2.73. The number of anilines is 1. The van der Waals surface area contributed by atoms with E-state index in [1.165, 1.54) is 15.6 Å². The van der Waals surface area contributed by atoms with Crippen LogP contribution in [0.4, 0.5) is 5.82 Å². The summed E-state index contributed by atoms with van der Waals surface area (Å²) in [6, 6.07) is 20.7. The van der Waals surface area contributed by atoms with E-state index in [4.69, 9.17) is 5.73 Å². The summed E-state index contributed by atoms with van der Waals surface area (Å²) in [6.07, 6.45) is 1.60. The molecule has 3 N–H and O–H groups in total. The Morgan fingerprint density at radius 1 is 1.04 bits per heavy atom. The van der Waals surface area contributed by atoms with E-state index < -0.39 is 0 Å². The summed E-state index contributed by atoms with van der Waals surface area (Å²) in [5.41, 5.74) is 9.55. The molecule has 27 heavy (non-hydrogen) atoms. The molecule has 0 fully saturated rings. The average Bonchev–Trinajstić information content (AvgIpc) is 3.10. The van der Waals surface area contributed by atoms with Gasteiger partial charge in [0.05, 0.1) is 10.6 Å². The Morgan fingerprint density at radius 2 is 1.85 bits per heavy atom. The lowest BCUT2D eigenvalue weighted by atomic mass is 10.1. The van der Waals surface area contributed by atoms with Crippen LogP contribution in [-0.4, -0.2) is 16.5 Å². The number of nitrogens with one attached hydrogen (secondary N) is 1. The highest BCUT2D eigenvalue weighted by Crippen LogP contribution is 2.33. The molecule has 0 aliphatic carbocycles. The topological polar surface area (TPSA) is 63.8 Å². The summed E-state index contributed by atoms with van der Waals surface area (Å²) >= 11 is 1.75. The standard InChI is InChI=1S/C21H20N4S.ClH/c1-14-7-8-19-16(9-14)10-20(26-19)18-11-21(25-13-24-18)23-12-17(22)15-5-3-2-4-6-15;/h2-11,13,17H,12,22H2,1H3,(H,23,24,25);1H/t17-;/m0./s1. The predicted octanol–water partition coefficient (Wildman–Crippen LogP) is 5.20. The molecule has 2 aromatic carbocycles. The van der Waals surface area contributed by atoms with Gasteiger partial charge in [-0.15, -0.1) is 23.7 Å². The van der Waals surface area contributed by atoms with Gasteiger partial charge in [-0.1, -0.05) is 48.0 Å². The van der Waals surface area contributed by atoms with Gasteiger partial charge in [-0.05, 0) is 30.0 Å². The second kappa shape index (κ2) is 8.48. The van der Waals surface area contributed by atoms with Crippen molar-refractivity contribution in [3.05, 3.63) is 78.1 Å². The molecule has 0 saturated carbocycles. The van der Waals surface area contributed by atoms with Crippen LogP contribution in [0.5, 0.6) is 0 Å². The quantitative estimate of drug-likeness (QED) is 0.486. The van der Waals surface area contributed by atoms with E-state index in [1.807, 2.05) is 36.4 Å². The summed E-state index contributed by atoms with van der Waals surface area (Å²) < 4.78 is 1.27. The van der Waals surface area contributed by atoms with Gasteiger partial charge in [-0.2, -0.15) is 0 Å². The van der Waals surface area contributed by atoms with Crippen molar-refractivity contribution in [2.45, 2.75) is 13.0 Å². The lowest BCUT2D eigenvalue weighted by Gasteiger charge is -2.13. The molecule has 2 heterocycles. The van der Waals surface area contributed by atoms with E-state index in [2.05, 4.69) is 46.5 Å². The van der Waals surface area contributed by atoms with Crippen molar-refractivity contribution < 1.29 is 0 Å². The molecule has 0 spiro atoms. The van der Waals surface area contributed by atoms with Gasteiger partial charge in [-0.3, -0.25) is 0 Å². The van der Waals surface area contributed by atoms with Gasteiger partial charge in [0.1, 0.15) is 12.1 Å². The molecule has 4 aromatic rings. The van der Waals surface area contributed by atoms with Crippen molar-refractivity contribution in [3.63, 3.8) is 0 Å². The van der Waals surface area contributed by atoms with Gasteiger partial charge in [0.2, 0.25) is 0 Å². The number of halogens is 1. The fourth-order valence-corrected chi connectivity index (χ4v) is 3.92. The summed E-state index contributed by atoms with van der Waals surface area (Å²) in [4.78, 5) is 9.91. The Balaban J connectivity index is 0.00000210. The minimum absolute atomic E-state index is 0. The van der Waals surface area contributed by atoms with Gasteiger partial charge < -0.3 is 11.1 Å². The predicted molar refractivity (Wildman–Crippen MR) is 117 cm³/mol. The van der Waals surface area contributed by atoms with Gasteiger partial charge in [-0.25, -0.2) is 9.97 Å². The molecular formula is C21H21ClN4S. The zero-order valence-corrected chi connectivity index (χ0v) is 16.6. The van der Waals surface area contributed by atoms with Gasteiger partial charge in [0.25, 0.3) is 0 Å². The van der Waals surface area contributed by atoms with Crippen LogP contribution < -0.4 is 11.1 Å². The first-order valence-corrected chi connectivity index (χ1v) is 9.38. The first-order valence-electron chi connectivity index (χ1n) is 8.56. The fraction of sp³-hybridized carbons (Fsp3) is 0.143. The van der Waals surface area contributed by atoms with Gasteiger partial charge >= 0.3 is 0 Å². The van der Waals surface area contributed by atoms with E-state index in [0.29, 0.717) is 6.54 Å². The number of nitrogens with zero attached hydrogens (tertiary/aromatic N) is 2. The molecular weight excluding hydrogens is 376 g/mol. The number of hydrogen-bond acceptors (Lipinski definition) is 5. The third-order valence-corrected chi connectivity index (χ3v) is 5.46. The number of aromatic nitrogens is 2. The van der Waals surface area contributed by atoms with Crippen molar-refractivity contribution >= 4 is 39.6 Å². The second-order valence-electron chi connectivity index (χ2n) is 6.34. The van der Waals surface area contributed by atoms with Crippen molar-refractivity contribution in [3.8, 4) is 10.6 Å². The van der Waals surface area contributed by atoms with Crippen LogP contribution in [0.15, 0.2) is 67.0 Å². The Bertz CT molecular complexity index is 1030. The van der Waals surface area contributed by atoms with Crippen molar-refractivity contribution in [2.75, 3.05) is 11.9 Å². The van der Waals surface area contributed by atoms with Crippen molar-refractivity contribution in [1.82, 2.24) is 9.97 Å². The highest BCUT2D eigenvalue weighted by molar-refractivity contribution is 7.22. The first kappa shape index (κ1) is 19.3. The largest absolute Gasteiger partial charge is 0.368 e. The fourth-order valence-electron chi connectivity index (χ4n) is 2.91. The Morgan fingerprint density at radius 3 is 2.67 bits per heavy atom. The number of hydrogen-bond donors (Lipinski definition) is 2. The number of aryl methyl sites for hydroxylation is 1. The normalized spacial score (nSPS) is 11.8. The number of nitrogens with two attached hydrogens (primary N) is 1. The van der Waals surface area contributed by atoms with E-state index in [0.717, 1.165) is 22.0 Å². The third kappa shape index (κ3) is 4.45. The van der Waals surface area contributed by atoms with Crippen LogP contribution in [0.25, 0.3) is 20.7 Å². The molecule has 1 atom stereocenters. The molecule has 6 heteroatoms. The van der Waals surface area contributed by atoms with E-state index in [1.54, 1.807) is 17.7 Å². The van der Waals surface area contributed by atoms with Gasteiger partial charge in [0.15, 0.2) is 0 Å². The zero-order valence-electron chi connectivity index (χ0n) is 14.9. The van der Waals surface area contributed by atoms with E-state index >= 15 is 0 Å². The number of fused-ring (bicyclic) bond motifs is 1. The molecule has 0 bridgehead atoms. The van der Waals surface area contributed by atoms with Gasteiger partial charge in [0, 0.05) is 23.4 Å². The minimum Gasteiger partial charge on any atom is -0.368 e. The third-order valence-electron chi connectivity index (χ3n) is 4.32. The van der Waals surface area contributed by atoms with E-state index in [-0.39, 0.29) is 18.4 Å². The lowest BCUT2D eigenvalue weighted by molar-refractivity contribution is 0.761. The highest BCUT2D eigenvalue weighted by Gasteiger charge is 2.09. The molecule has 4 rings (SSSR count). The van der Waals surface area contributed by atoms with Crippen LogP contribution in [0.2, 0.25) is 0 Å². The molecule has 4 nitrogen and oxygen atoms in total. The van der Waals surface area contributed by atoms with Crippen molar-refractivity contribution in [1.29, 1.82) is 0 Å². The zero-order chi connectivity index (χ0) is 17.9. The number of benzene rings is 2. The lowest BCUT2D eigenvalue weighted by Crippen LogP contribution is -2.20. The molecule has 0 amide bonds. The Kier molecular flexibility index (Phi) is 6.06. The summed E-state index contributed by atoms with van der Waals surface area (Å²) in [5.74, 6) is 0.787. The summed E-state index contributed by atoms with van der Waals surface area (Å²) in [7, 11) is 0. The van der Waals surface area contributed by atoms with Crippen molar-refractivity contribution in [2.24, 2.45) is 5.73 Å². The maximum absolute atomic E-state index is 6.25. The number of thiophene rings is 1. The maximum Gasteiger partial charge on any atom is 0.130 e. The van der Waals surface area contributed by atoms with E-state index in [9.17, 15) is 0 Å². The van der Waals surface area contributed by atoms with Crippen LogP contribution >= 0.6 is 23.7 Å². The second-order valence-corrected chi connectivity index (χ2v) is 7.42. The highest BCUT2D eigenvalue weighted by atomic mass is 35.5.